The number of carbonyl (C=O) groups is 1. The highest BCUT2D eigenvalue weighted by Gasteiger charge is 2.10. The fourth-order valence-corrected chi connectivity index (χ4v) is 2.10. The summed E-state index contributed by atoms with van der Waals surface area (Å²) < 4.78 is 1.16. The average Bonchev–Trinajstić information content (AvgIpc) is 2.32. The Balaban J connectivity index is 2.44. The Morgan fingerprint density at radius 3 is 2.82 bits per heavy atom. The van der Waals surface area contributed by atoms with Crippen LogP contribution in [-0.4, -0.2) is 22.0 Å². The van der Waals surface area contributed by atoms with Crippen molar-refractivity contribution in [2.24, 2.45) is 0 Å². The number of phenolic OH excluding ortho intramolecular Hbond substituents is 1. The molecule has 0 bridgehead atoms. The molecule has 0 unspecified atom stereocenters. The van der Waals surface area contributed by atoms with Gasteiger partial charge < -0.3 is 10.4 Å². The van der Waals surface area contributed by atoms with E-state index in [1.807, 2.05) is 0 Å². The maximum absolute atomic E-state index is 11.8. The molecule has 0 saturated heterocycles. The third-order valence-corrected chi connectivity index (χ3v) is 3.41. The molecule has 1 amide bonds. The lowest BCUT2D eigenvalue weighted by Gasteiger charge is -2.08. The first-order valence-corrected chi connectivity index (χ1v) is 7.32. The van der Waals surface area contributed by atoms with Crippen molar-refractivity contribution >= 4 is 28.5 Å². The highest BCUT2D eigenvalue weighted by molar-refractivity contribution is 14.1. The summed E-state index contributed by atoms with van der Waals surface area (Å²) in [6, 6.07) is 5.01. The van der Waals surface area contributed by atoms with E-state index in [1.165, 1.54) is 6.42 Å². The van der Waals surface area contributed by atoms with Crippen molar-refractivity contribution in [3.63, 3.8) is 0 Å². The van der Waals surface area contributed by atoms with E-state index in [-0.39, 0.29) is 11.7 Å². The number of hydrogen-bond acceptors (Lipinski definition) is 2. The van der Waals surface area contributed by atoms with Gasteiger partial charge in [-0.2, -0.15) is 0 Å². The second kappa shape index (κ2) is 7.53. The summed E-state index contributed by atoms with van der Waals surface area (Å²) in [7, 11) is 0. The molecule has 1 aromatic carbocycles. The number of hydrogen-bond donors (Lipinski definition) is 2. The minimum Gasteiger partial charge on any atom is -0.508 e. The third kappa shape index (κ3) is 4.53. The molecule has 0 heterocycles. The number of phenols is 1. The maximum atomic E-state index is 11.8. The van der Waals surface area contributed by atoms with Crippen LogP contribution in [0.3, 0.4) is 0 Å². The summed E-state index contributed by atoms with van der Waals surface area (Å²) in [4.78, 5) is 11.8. The molecule has 2 N–H and O–H groups in total. The lowest BCUT2D eigenvalue weighted by Crippen LogP contribution is -2.25. The van der Waals surface area contributed by atoms with Crippen molar-refractivity contribution in [1.29, 1.82) is 0 Å². The first kappa shape index (κ1) is 14.3. The Morgan fingerprint density at radius 2 is 2.12 bits per heavy atom. The minimum atomic E-state index is -0.104. The van der Waals surface area contributed by atoms with E-state index in [2.05, 4.69) is 27.9 Å². The van der Waals surface area contributed by atoms with E-state index < -0.39 is 0 Å². The highest BCUT2D eigenvalue weighted by atomic mass is 127. The fraction of sp³-hybridized carbons (Fsp3) is 0.462. The molecule has 0 atom stereocenters. The molecule has 0 aliphatic carbocycles. The molecular weight excluding hydrogens is 329 g/mol. The van der Waals surface area contributed by atoms with E-state index in [9.17, 15) is 9.90 Å². The first-order chi connectivity index (χ1) is 8.16. The number of carbonyl (C=O) groups excluding carboxylic acids is 1. The largest absolute Gasteiger partial charge is 0.508 e. The molecule has 17 heavy (non-hydrogen) atoms. The van der Waals surface area contributed by atoms with Crippen LogP contribution in [0.2, 0.25) is 0 Å². The van der Waals surface area contributed by atoms with Crippen LogP contribution in [0.5, 0.6) is 5.75 Å². The minimum absolute atomic E-state index is 0.104. The first-order valence-electron chi connectivity index (χ1n) is 5.79. The number of amides is 1. The van der Waals surface area contributed by atoms with E-state index >= 15 is 0 Å². The summed E-state index contributed by atoms with van der Waals surface area (Å²) in [5.74, 6) is 0.0652. The van der Waals surface area contributed by atoms with Gasteiger partial charge in [0.1, 0.15) is 5.75 Å². The Morgan fingerprint density at radius 1 is 1.35 bits per heavy atom. The molecule has 0 aromatic heterocycles. The molecule has 1 aromatic rings. The van der Waals surface area contributed by atoms with Crippen molar-refractivity contribution in [2.45, 2.75) is 26.2 Å². The van der Waals surface area contributed by atoms with Crippen LogP contribution < -0.4 is 5.32 Å². The molecular formula is C13H18INO2. The van der Waals surface area contributed by atoms with Gasteiger partial charge in [0.05, 0.1) is 0 Å². The number of aromatic hydroxyl groups is 1. The molecule has 0 fully saturated rings. The summed E-state index contributed by atoms with van der Waals surface area (Å²) in [6.07, 6.45) is 3.34. The van der Waals surface area contributed by atoms with E-state index in [0.29, 0.717) is 17.7 Å². The monoisotopic (exact) mass is 347 g/mol. The second-order valence-electron chi connectivity index (χ2n) is 3.96. The lowest BCUT2D eigenvalue weighted by molar-refractivity contribution is 0.0952. The van der Waals surface area contributed by atoms with Gasteiger partial charge in [0.25, 0.3) is 5.91 Å². The van der Waals surface area contributed by atoms with Gasteiger partial charge in [-0.1, -0.05) is 35.1 Å². The van der Waals surface area contributed by atoms with Crippen LogP contribution >= 0.6 is 22.6 Å². The molecule has 0 spiro atoms. The summed E-state index contributed by atoms with van der Waals surface area (Å²) in [5, 5.41) is 12.4. The zero-order valence-corrected chi connectivity index (χ0v) is 12.2. The SMILES string of the molecule is Cc1c(O)cccc1C(=O)NCCCCCI. The smallest absolute Gasteiger partial charge is 0.251 e. The Labute approximate surface area is 116 Å². The quantitative estimate of drug-likeness (QED) is 0.472. The van der Waals surface area contributed by atoms with Crippen molar-refractivity contribution in [3.8, 4) is 5.75 Å². The number of rotatable bonds is 6. The van der Waals surface area contributed by atoms with Crippen LogP contribution in [0.1, 0.15) is 35.2 Å². The van der Waals surface area contributed by atoms with E-state index in [1.54, 1.807) is 25.1 Å². The predicted octanol–water partition coefficient (Wildman–Crippen LogP) is 3.04. The Bertz CT molecular complexity index is 380. The molecule has 1 rings (SSSR count). The Hall–Kier alpha value is -0.780. The van der Waals surface area contributed by atoms with Gasteiger partial charge in [-0.3, -0.25) is 4.79 Å². The summed E-state index contributed by atoms with van der Waals surface area (Å²) >= 11 is 2.35. The average molecular weight is 347 g/mol. The van der Waals surface area contributed by atoms with Crippen molar-refractivity contribution in [1.82, 2.24) is 5.32 Å². The van der Waals surface area contributed by atoms with Crippen LogP contribution in [-0.2, 0) is 0 Å². The number of halogens is 1. The van der Waals surface area contributed by atoms with Gasteiger partial charge >= 0.3 is 0 Å². The second-order valence-corrected chi connectivity index (χ2v) is 5.03. The molecule has 94 valence electrons. The molecule has 0 saturated carbocycles. The number of nitrogens with one attached hydrogen (secondary N) is 1. The molecule has 0 aliphatic rings. The normalized spacial score (nSPS) is 10.2. The fourth-order valence-electron chi connectivity index (χ4n) is 1.56. The zero-order chi connectivity index (χ0) is 12.7. The van der Waals surface area contributed by atoms with Crippen LogP contribution in [0.4, 0.5) is 0 Å². The van der Waals surface area contributed by atoms with Gasteiger partial charge in [-0.25, -0.2) is 0 Å². The molecule has 0 radical (unpaired) electrons. The highest BCUT2D eigenvalue weighted by Crippen LogP contribution is 2.19. The third-order valence-electron chi connectivity index (χ3n) is 2.65. The topological polar surface area (TPSA) is 49.3 Å². The number of benzene rings is 1. The molecule has 0 aliphatic heterocycles. The Kier molecular flexibility index (Phi) is 6.32. The number of unbranched alkanes of at least 4 members (excludes halogenated alkanes) is 2. The van der Waals surface area contributed by atoms with Crippen LogP contribution in [0.25, 0.3) is 0 Å². The molecule has 3 nitrogen and oxygen atoms in total. The van der Waals surface area contributed by atoms with E-state index in [0.717, 1.165) is 17.3 Å². The lowest BCUT2D eigenvalue weighted by atomic mass is 10.1. The van der Waals surface area contributed by atoms with Crippen molar-refractivity contribution in [3.05, 3.63) is 29.3 Å². The van der Waals surface area contributed by atoms with Crippen LogP contribution in [0, 0.1) is 6.92 Å². The van der Waals surface area contributed by atoms with Gasteiger partial charge in [0, 0.05) is 17.7 Å². The molecule has 4 heteroatoms. The standard InChI is InChI=1S/C13H18INO2/c1-10-11(6-5-7-12(10)16)13(17)15-9-4-2-3-8-14/h5-7,16H,2-4,8-9H2,1H3,(H,15,17). The summed E-state index contributed by atoms with van der Waals surface area (Å²) in [6.45, 7) is 2.45. The van der Waals surface area contributed by atoms with Crippen LogP contribution in [0.15, 0.2) is 18.2 Å². The van der Waals surface area contributed by atoms with Crippen molar-refractivity contribution in [2.75, 3.05) is 11.0 Å². The van der Waals surface area contributed by atoms with Crippen molar-refractivity contribution < 1.29 is 9.90 Å². The maximum Gasteiger partial charge on any atom is 0.251 e. The van der Waals surface area contributed by atoms with E-state index in [4.69, 9.17) is 0 Å². The van der Waals surface area contributed by atoms with Gasteiger partial charge in [0.2, 0.25) is 0 Å². The zero-order valence-electron chi connectivity index (χ0n) is 10.0. The van der Waals surface area contributed by atoms with Gasteiger partial charge in [-0.05, 0) is 36.3 Å². The van der Waals surface area contributed by atoms with Gasteiger partial charge in [0.15, 0.2) is 0 Å². The number of alkyl halides is 1. The summed E-state index contributed by atoms with van der Waals surface area (Å²) in [5.41, 5.74) is 1.19. The predicted molar refractivity (Wildman–Crippen MR) is 77.9 cm³/mol. The van der Waals surface area contributed by atoms with Gasteiger partial charge in [-0.15, -0.1) is 0 Å².